The van der Waals surface area contributed by atoms with Gasteiger partial charge in [0.2, 0.25) is 0 Å². The molecule has 2 atom stereocenters. The lowest BCUT2D eigenvalue weighted by molar-refractivity contribution is 0.336. The summed E-state index contributed by atoms with van der Waals surface area (Å²) in [7, 11) is 0. The van der Waals surface area contributed by atoms with Crippen molar-refractivity contribution in [3.8, 4) is 0 Å². The minimum absolute atomic E-state index is 0.640. The van der Waals surface area contributed by atoms with Crippen molar-refractivity contribution >= 4 is 11.3 Å². The summed E-state index contributed by atoms with van der Waals surface area (Å²) in [4.78, 5) is 1.50. The Morgan fingerprint density at radius 3 is 3.00 bits per heavy atom. The lowest BCUT2D eigenvalue weighted by atomic mass is 9.96. The van der Waals surface area contributed by atoms with Gasteiger partial charge in [0, 0.05) is 10.9 Å². The first kappa shape index (κ1) is 8.27. The van der Waals surface area contributed by atoms with E-state index in [-0.39, 0.29) is 0 Å². The average Bonchev–Trinajstić information content (AvgIpc) is 2.58. The molecule has 2 heterocycles. The highest BCUT2D eigenvalue weighted by molar-refractivity contribution is 7.10. The third-order valence-corrected chi connectivity index (χ3v) is 3.53. The molecular formula is C10H15NS. The van der Waals surface area contributed by atoms with Crippen LogP contribution in [0.5, 0.6) is 0 Å². The number of piperidine rings is 1. The Morgan fingerprint density at radius 2 is 2.42 bits per heavy atom. The van der Waals surface area contributed by atoms with E-state index in [1.165, 1.54) is 24.3 Å². The van der Waals surface area contributed by atoms with Gasteiger partial charge in [-0.3, -0.25) is 0 Å². The van der Waals surface area contributed by atoms with E-state index >= 15 is 0 Å². The molecule has 1 saturated heterocycles. The number of hydrogen-bond acceptors (Lipinski definition) is 2. The Morgan fingerprint density at radius 1 is 1.50 bits per heavy atom. The van der Waals surface area contributed by atoms with Crippen LogP contribution < -0.4 is 5.32 Å². The SMILES string of the molecule is C[C@H]1CC[C@H](c2cccs2)NC1. The third-order valence-electron chi connectivity index (χ3n) is 2.55. The molecule has 0 aliphatic carbocycles. The second-order valence-corrected chi connectivity index (χ2v) is 4.64. The highest BCUT2D eigenvalue weighted by atomic mass is 32.1. The lowest BCUT2D eigenvalue weighted by Crippen LogP contribution is -2.31. The summed E-state index contributed by atoms with van der Waals surface area (Å²) in [5.41, 5.74) is 0. The molecule has 1 aromatic rings. The molecule has 1 fully saturated rings. The van der Waals surface area contributed by atoms with Gasteiger partial charge < -0.3 is 5.32 Å². The number of nitrogens with one attached hydrogen (secondary N) is 1. The van der Waals surface area contributed by atoms with Crippen molar-refractivity contribution in [1.29, 1.82) is 0 Å². The van der Waals surface area contributed by atoms with E-state index in [4.69, 9.17) is 0 Å². The van der Waals surface area contributed by atoms with Crippen LogP contribution >= 0.6 is 11.3 Å². The van der Waals surface area contributed by atoms with E-state index in [0.717, 1.165) is 5.92 Å². The summed E-state index contributed by atoms with van der Waals surface area (Å²) in [6.45, 7) is 3.50. The normalized spacial score (nSPS) is 30.4. The first-order valence-electron chi connectivity index (χ1n) is 4.63. The molecule has 0 amide bonds. The maximum Gasteiger partial charge on any atom is 0.0414 e. The van der Waals surface area contributed by atoms with Crippen LogP contribution in [0.3, 0.4) is 0 Å². The van der Waals surface area contributed by atoms with Crippen molar-refractivity contribution in [1.82, 2.24) is 5.32 Å². The van der Waals surface area contributed by atoms with Crippen LogP contribution in [0.1, 0.15) is 30.7 Å². The maximum absolute atomic E-state index is 3.58. The molecule has 1 aromatic heterocycles. The molecule has 0 saturated carbocycles. The molecular weight excluding hydrogens is 166 g/mol. The van der Waals surface area contributed by atoms with Crippen LogP contribution in [-0.4, -0.2) is 6.54 Å². The van der Waals surface area contributed by atoms with Crippen LogP contribution in [0.2, 0.25) is 0 Å². The summed E-state index contributed by atoms with van der Waals surface area (Å²) in [6, 6.07) is 5.01. The van der Waals surface area contributed by atoms with E-state index in [1.807, 2.05) is 11.3 Å². The quantitative estimate of drug-likeness (QED) is 0.702. The first-order valence-corrected chi connectivity index (χ1v) is 5.51. The minimum Gasteiger partial charge on any atom is -0.309 e. The number of thiophene rings is 1. The molecule has 0 spiro atoms. The van der Waals surface area contributed by atoms with Gasteiger partial charge in [-0.1, -0.05) is 13.0 Å². The summed E-state index contributed by atoms with van der Waals surface area (Å²) in [6.07, 6.45) is 2.68. The largest absolute Gasteiger partial charge is 0.309 e. The maximum atomic E-state index is 3.58. The van der Waals surface area contributed by atoms with E-state index in [0.29, 0.717) is 6.04 Å². The summed E-state index contributed by atoms with van der Waals surface area (Å²) in [5, 5.41) is 5.74. The zero-order valence-electron chi connectivity index (χ0n) is 7.42. The number of rotatable bonds is 1. The fourth-order valence-electron chi connectivity index (χ4n) is 1.73. The van der Waals surface area contributed by atoms with Crippen molar-refractivity contribution in [3.63, 3.8) is 0 Å². The summed E-state index contributed by atoms with van der Waals surface area (Å²) in [5.74, 6) is 0.862. The van der Waals surface area contributed by atoms with Crippen molar-refractivity contribution in [2.24, 2.45) is 5.92 Å². The van der Waals surface area contributed by atoms with Gasteiger partial charge in [-0.05, 0) is 36.8 Å². The van der Waals surface area contributed by atoms with Gasteiger partial charge in [-0.15, -0.1) is 11.3 Å². The van der Waals surface area contributed by atoms with Crippen molar-refractivity contribution in [3.05, 3.63) is 22.4 Å². The van der Waals surface area contributed by atoms with Crippen LogP contribution in [-0.2, 0) is 0 Å². The predicted octanol–water partition coefficient (Wildman–Crippen LogP) is 2.81. The highest BCUT2D eigenvalue weighted by Gasteiger charge is 2.18. The predicted molar refractivity (Wildman–Crippen MR) is 53.5 cm³/mol. The molecule has 1 nitrogen and oxygen atoms in total. The monoisotopic (exact) mass is 181 g/mol. The van der Waals surface area contributed by atoms with Gasteiger partial charge in [-0.25, -0.2) is 0 Å². The number of hydrogen-bond donors (Lipinski definition) is 1. The fraction of sp³-hybridized carbons (Fsp3) is 0.600. The molecule has 66 valence electrons. The van der Waals surface area contributed by atoms with Crippen LogP contribution in [0.25, 0.3) is 0 Å². The Balaban J connectivity index is 1.99. The van der Waals surface area contributed by atoms with Gasteiger partial charge in [0.25, 0.3) is 0 Å². The Bertz CT molecular complexity index is 222. The molecule has 0 bridgehead atoms. The molecule has 2 heteroatoms. The van der Waals surface area contributed by atoms with E-state index in [9.17, 15) is 0 Å². The Hall–Kier alpha value is -0.340. The van der Waals surface area contributed by atoms with E-state index < -0.39 is 0 Å². The van der Waals surface area contributed by atoms with Gasteiger partial charge >= 0.3 is 0 Å². The molecule has 0 unspecified atom stereocenters. The second-order valence-electron chi connectivity index (χ2n) is 3.66. The average molecular weight is 181 g/mol. The van der Waals surface area contributed by atoms with Gasteiger partial charge in [0.05, 0.1) is 0 Å². The third kappa shape index (κ3) is 1.70. The second kappa shape index (κ2) is 3.58. The molecule has 0 aromatic carbocycles. The standard InChI is InChI=1S/C10H15NS/c1-8-4-5-9(11-7-8)10-3-2-6-12-10/h2-3,6,8-9,11H,4-5,7H2,1H3/t8-,9+/m0/s1. The van der Waals surface area contributed by atoms with Gasteiger partial charge in [0.15, 0.2) is 0 Å². The molecule has 1 aliphatic rings. The summed E-state index contributed by atoms with van der Waals surface area (Å²) < 4.78 is 0. The van der Waals surface area contributed by atoms with Crippen LogP contribution in [0, 0.1) is 5.92 Å². The van der Waals surface area contributed by atoms with Crippen LogP contribution in [0.15, 0.2) is 17.5 Å². The Labute approximate surface area is 77.8 Å². The molecule has 2 rings (SSSR count). The van der Waals surface area contributed by atoms with Crippen molar-refractivity contribution < 1.29 is 0 Å². The van der Waals surface area contributed by atoms with Crippen molar-refractivity contribution in [2.45, 2.75) is 25.8 Å². The Kier molecular flexibility index (Phi) is 2.47. The van der Waals surface area contributed by atoms with E-state index in [1.54, 1.807) is 0 Å². The smallest absolute Gasteiger partial charge is 0.0414 e. The highest BCUT2D eigenvalue weighted by Crippen LogP contribution is 2.28. The van der Waals surface area contributed by atoms with E-state index in [2.05, 4.69) is 29.8 Å². The zero-order valence-corrected chi connectivity index (χ0v) is 8.23. The van der Waals surface area contributed by atoms with Crippen molar-refractivity contribution in [2.75, 3.05) is 6.54 Å². The molecule has 1 aliphatic heterocycles. The van der Waals surface area contributed by atoms with Gasteiger partial charge in [-0.2, -0.15) is 0 Å². The van der Waals surface area contributed by atoms with Gasteiger partial charge in [0.1, 0.15) is 0 Å². The summed E-state index contributed by atoms with van der Waals surface area (Å²) >= 11 is 1.87. The minimum atomic E-state index is 0.640. The topological polar surface area (TPSA) is 12.0 Å². The first-order chi connectivity index (χ1) is 5.86. The molecule has 0 radical (unpaired) electrons. The zero-order chi connectivity index (χ0) is 8.39. The fourth-order valence-corrected chi connectivity index (χ4v) is 2.57. The van der Waals surface area contributed by atoms with Crippen LogP contribution in [0.4, 0.5) is 0 Å². The molecule has 12 heavy (non-hydrogen) atoms. The molecule has 1 N–H and O–H groups in total. The lowest BCUT2D eigenvalue weighted by Gasteiger charge is -2.26.